The molecule has 164 valence electrons. The van der Waals surface area contributed by atoms with E-state index in [1.165, 1.54) is 0 Å². The van der Waals surface area contributed by atoms with Crippen LogP contribution >= 0.6 is 11.6 Å². The number of halogens is 1. The van der Waals surface area contributed by atoms with Crippen molar-refractivity contribution in [2.24, 2.45) is 5.41 Å². The molecule has 1 aliphatic carbocycles. The van der Waals surface area contributed by atoms with Gasteiger partial charge >= 0.3 is 0 Å². The van der Waals surface area contributed by atoms with Gasteiger partial charge in [0.2, 0.25) is 10.0 Å². The average molecular weight is 466 g/mol. The third-order valence-electron chi connectivity index (χ3n) is 6.75. The van der Waals surface area contributed by atoms with Crippen LogP contribution in [-0.4, -0.2) is 31.0 Å². The highest BCUT2D eigenvalue weighted by molar-refractivity contribution is 7.89. The molecule has 6 heteroatoms. The molecule has 3 aromatic carbocycles. The zero-order valence-corrected chi connectivity index (χ0v) is 19.3. The van der Waals surface area contributed by atoms with E-state index in [1.807, 2.05) is 73.7 Å². The summed E-state index contributed by atoms with van der Waals surface area (Å²) in [6.45, 7) is 2.00. The smallest absolute Gasteiger partial charge is 0.243 e. The average Bonchev–Trinajstić information content (AvgIpc) is 3.13. The van der Waals surface area contributed by atoms with Crippen LogP contribution in [-0.2, 0) is 16.4 Å². The van der Waals surface area contributed by atoms with Crippen LogP contribution in [0.4, 0.5) is 0 Å². The first-order valence-corrected chi connectivity index (χ1v) is 12.4. The lowest BCUT2D eigenvalue weighted by Crippen LogP contribution is -2.40. The molecular weight excluding hydrogens is 442 g/mol. The van der Waals surface area contributed by atoms with E-state index in [0.29, 0.717) is 11.4 Å². The molecule has 1 aliphatic heterocycles. The van der Waals surface area contributed by atoms with Crippen LogP contribution in [0.1, 0.15) is 28.3 Å². The highest BCUT2D eigenvalue weighted by atomic mass is 35.5. The van der Waals surface area contributed by atoms with Crippen molar-refractivity contribution in [3.8, 4) is 0 Å². The van der Waals surface area contributed by atoms with Gasteiger partial charge in [-0.15, -0.1) is 0 Å². The maximum Gasteiger partial charge on any atom is 0.243 e. The van der Waals surface area contributed by atoms with Crippen LogP contribution in [0.2, 0.25) is 5.02 Å². The molecular formula is C26H24ClNO3S. The van der Waals surface area contributed by atoms with Gasteiger partial charge in [0, 0.05) is 17.0 Å². The third-order valence-corrected chi connectivity index (χ3v) is 8.81. The Kier molecular flexibility index (Phi) is 5.25. The Balaban J connectivity index is 1.70. The first-order chi connectivity index (χ1) is 15.3. The molecule has 0 radical (unpaired) electrons. The van der Waals surface area contributed by atoms with Gasteiger partial charge in [0.25, 0.3) is 0 Å². The van der Waals surface area contributed by atoms with Crippen LogP contribution in [0.15, 0.2) is 83.3 Å². The Hall–Kier alpha value is -2.44. The molecule has 32 heavy (non-hydrogen) atoms. The standard InChI is InChI=1S/C26H24ClNO3S/c1-18-7-11-24(12-8-18)32(30,31)28-16-22-13-21-14-23(27)10-9-20(21)15-26(22,17-29)25(28)19-5-3-2-4-6-19/h2-14,25,29H,15-17H2,1H3/t25-,26+/m0/s1. The maximum atomic E-state index is 13.9. The second kappa shape index (κ2) is 7.85. The van der Waals surface area contributed by atoms with Crippen LogP contribution in [0.3, 0.4) is 0 Å². The molecule has 0 spiro atoms. The van der Waals surface area contributed by atoms with Crippen molar-refractivity contribution < 1.29 is 13.5 Å². The summed E-state index contributed by atoms with van der Waals surface area (Å²) in [7, 11) is -3.80. The lowest BCUT2D eigenvalue weighted by Gasteiger charge is -2.39. The quantitative estimate of drug-likeness (QED) is 0.589. The fourth-order valence-electron chi connectivity index (χ4n) is 5.09. The minimum Gasteiger partial charge on any atom is -0.395 e. The van der Waals surface area contributed by atoms with Crippen molar-refractivity contribution in [2.75, 3.05) is 13.2 Å². The molecule has 1 heterocycles. The Morgan fingerprint density at radius 3 is 2.47 bits per heavy atom. The summed E-state index contributed by atoms with van der Waals surface area (Å²) in [5.41, 5.74) is 4.10. The van der Waals surface area contributed by atoms with Crippen molar-refractivity contribution >= 4 is 27.7 Å². The number of aliphatic hydroxyl groups is 1. The fraction of sp³-hybridized carbons (Fsp3) is 0.231. The largest absolute Gasteiger partial charge is 0.395 e. The molecule has 1 N–H and O–H groups in total. The number of benzene rings is 3. The number of sulfonamides is 1. The van der Waals surface area contributed by atoms with Gasteiger partial charge in [0.1, 0.15) is 0 Å². The summed E-state index contributed by atoms with van der Waals surface area (Å²) >= 11 is 6.22. The molecule has 4 nitrogen and oxygen atoms in total. The Bertz CT molecular complexity index is 1300. The fourth-order valence-corrected chi connectivity index (χ4v) is 6.93. The third kappa shape index (κ3) is 3.32. The normalized spacial score (nSPS) is 22.8. The van der Waals surface area contributed by atoms with Crippen molar-refractivity contribution in [3.05, 3.63) is 106 Å². The van der Waals surface area contributed by atoms with Crippen LogP contribution in [0.25, 0.3) is 6.08 Å². The van der Waals surface area contributed by atoms with Gasteiger partial charge in [-0.3, -0.25) is 0 Å². The van der Waals surface area contributed by atoms with Gasteiger partial charge < -0.3 is 5.11 Å². The van der Waals surface area contributed by atoms with Gasteiger partial charge in [-0.25, -0.2) is 8.42 Å². The molecule has 0 bridgehead atoms. The molecule has 0 unspecified atom stereocenters. The van der Waals surface area contributed by atoms with Gasteiger partial charge in [-0.1, -0.05) is 71.8 Å². The van der Waals surface area contributed by atoms with Gasteiger partial charge in [0.15, 0.2) is 0 Å². The first kappa shape index (κ1) is 21.4. The zero-order chi connectivity index (χ0) is 22.5. The molecule has 5 rings (SSSR count). The number of fused-ring (bicyclic) bond motifs is 2. The first-order valence-electron chi connectivity index (χ1n) is 10.6. The zero-order valence-electron chi connectivity index (χ0n) is 17.7. The highest BCUT2D eigenvalue weighted by Crippen LogP contribution is 2.56. The predicted octanol–water partition coefficient (Wildman–Crippen LogP) is 5.01. The number of rotatable bonds is 4. The summed E-state index contributed by atoms with van der Waals surface area (Å²) in [5.74, 6) is 0. The van der Waals surface area contributed by atoms with Gasteiger partial charge in [-0.2, -0.15) is 4.31 Å². The number of nitrogens with zero attached hydrogens (tertiary/aromatic N) is 1. The van der Waals surface area contributed by atoms with E-state index < -0.39 is 21.5 Å². The van der Waals surface area contributed by atoms with Gasteiger partial charge in [-0.05, 0) is 59.9 Å². The second-order valence-electron chi connectivity index (χ2n) is 8.68. The summed E-state index contributed by atoms with van der Waals surface area (Å²) in [5, 5.41) is 11.4. The summed E-state index contributed by atoms with van der Waals surface area (Å²) in [6, 6.07) is 21.8. The number of aliphatic hydroxyl groups excluding tert-OH is 1. The Morgan fingerprint density at radius 2 is 1.78 bits per heavy atom. The van der Waals surface area contributed by atoms with Crippen molar-refractivity contribution in [1.29, 1.82) is 0 Å². The van der Waals surface area contributed by atoms with Crippen LogP contribution in [0.5, 0.6) is 0 Å². The number of hydrogen-bond acceptors (Lipinski definition) is 3. The molecule has 0 aromatic heterocycles. The predicted molar refractivity (Wildman–Crippen MR) is 127 cm³/mol. The van der Waals surface area contributed by atoms with Gasteiger partial charge in [0.05, 0.1) is 17.5 Å². The lowest BCUT2D eigenvalue weighted by molar-refractivity contribution is 0.118. The summed E-state index contributed by atoms with van der Waals surface area (Å²) in [4.78, 5) is 0.261. The van der Waals surface area contributed by atoms with E-state index in [9.17, 15) is 13.5 Å². The second-order valence-corrected chi connectivity index (χ2v) is 11.0. The van der Waals surface area contributed by atoms with E-state index in [4.69, 9.17) is 11.6 Å². The minimum absolute atomic E-state index is 0.152. The molecule has 1 saturated heterocycles. The molecule has 2 aliphatic rings. The van der Waals surface area contributed by atoms with E-state index in [1.54, 1.807) is 16.4 Å². The van der Waals surface area contributed by atoms with Crippen molar-refractivity contribution in [3.63, 3.8) is 0 Å². The molecule has 0 saturated carbocycles. The molecule has 2 atom stereocenters. The van der Waals surface area contributed by atoms with E-state index >= 15 is 0 Å². The molecule has 3 aromatic rings. The summed E-state index contributed by atoms with van der Waals surface area (Å²) < 4.78 is 29.3. The number of aryl methyl sites for hydroxylation is 1. The van der Waals surface area contributed by atoms with E-state index in [0.717, 1.165) is 27.8 Å². The van der Waals surface area contributed by atoms with Crippen LogP contribution < -0.4 is 0 Å². The minimum atomic E-state index is -3.80. The lowest BCUT2D eigenvalue weighted by atomic mass is 9.67. The SMILES string of the molecule is Cc1ccc(S(=O)(=O)N2CC3=Cc4cc(Cl)ccc4C[C@]3(CO)[C@@H]2c2ccccc2)cc1. The maximum absolute atomic E-state index is 13.9. The molecule has 0 amide bonds. The Morgan fingerprint density at radius 1 is 1.06 bits per heavy atom. The van der Waals surface area contributed by atoms with E-state index in [2.05, 4.69) is 0 Å². The Labute approximate surface area is 193 Å². The number of hydrogen-bond donors (Lipinski definition) is 1. The highest BCUT2D eigenvalue weighted by Gasteiger charge is 2.56. The van der Waals surface area contributed by atoms with E-state index in [-0.39, 0.29) is 18.0 Å². The summed E-state index contributed by atoms with van der Waals surface area (Å²) in [6.07, 6.45) is 2.56. The van der Waals surface area contributed by atoms with Crippen LogP contribution in [0, 0.1) is 12.3 Å². The monoisotopic (exact) mass is 465 g/mol. The molecule has 1 fully saturated rings. The van der Waals surface area contributed by atoms with Crippen molar-refractivity contribution in [1.82, 2.24) is 4.31 Å². The van der Waals surface area contributed by atoms with Crippen molar-refractivity contribution in [2.45, 2.75) is 24.3 Å². The topological polar surface area (TPSA) is 57.6 Å².